The Hall–Kier alpha value is -2.24. The number of hydrogen-bond donors (Lipinski definition) is 3. The first-order chi connectivity index (χ1) is 9.19. The Balaban J connectivity index is 2.33. The van der Waals surface area contributed by atoms with Gasteiger partial charge in [0.2, 0.25) is 5.91 Å². The predicted molar refractivity (Wildman–Crippen MR) is 75.3 cm³/mol. The number of ether oxygens (including phenoxy) is 1. The van der Waals surface area contributed by atoms with Gasteiger partial charge in [0.25, 0.3) is 0 Å². The van der Waals surface area contributed by atoms with Gasteiger partial charge in [-0.1, -0.05) is 12.1 Å². The van der Waals surface area contributed by atoms with Crippen LogP contribution in [0.15, 0.2) is 29.3 Å². The molecule has 0 aliphatic carbocycles. The second kappa shape index (κ2) is 7.97. The van der Waals surface area contributed by atoms with E-state index in [2.05, 4.69) is 20.9 Å². The molecule has 0 aromatic heterocycles. The molecule has 6 nitrogen and oxygen atoms in total. The van der Waals surface area contributed by atoms with Gasteiger partial charge >= 0.3 is 0 Å². The van der Waals surface area contributed by atoms with E-state index in [4.69, 9.17) is 4.74 Å². The highest BCUT2D eigenvalue weighted by molar-refractivity contribution is 5.86. The van der Waals surface area contributed by atoms with Crippen molar-refractivity contribution in [1.29, 1.82) is 0 Å². The topological polar surface area (TPSA) is 74.8 Å². The summed E-state index contributed by atoms with van der Waals surface area (Å²) in [6.45, 7) is 0.673. The van der Waals surface area contributed by atoms with Gasteiger partial charge in [0.15, 0.2) is 5.96 Å². The summed E-state index contributed by atoms with van der Waals surface area (Å²) in [6, 6.07) is 7.56. The van der Waals surface area contributed by atoms with Crippen molar-refractivity contribution in [2.24, 2.45) is 4.99 Å². The SMILES string of the molecule is CN=C(NC)NCC(=O)NCc1ccc(OC)cc1. The molecule has 19 heavy (non-hydrogen) atoms. The molecule has 0 heterocycles. The van der Waals surface area contributed by atoms with Crippen LogP contribution in [0.25, 0.3) is 0 Å². The molecule has 0 bridgehead atoms. The quantitative estimate of drug-likeness (QED) is 0.521. The van der Waals surface area contributed by atoms with Crippen LogP contribution in [0.2, 0.25) is 0 Å². The lowest BCUT2D eigenvalue weighted by atomic mass is 10.2. The second-order valence-corrected chi connectivity index (χ2v) is 3.80. The summed E-state index contributed by atoms with van der Waals surface area (Å²) in [6.07, 6.45) is 0. The van der Waals surface area contributed by atoms with Crippen molar-refractivity contribution in [3.8, 4) is 5.75 Å². The van der Waals surface area contributed by atoms with Gasteiger partial charge in [-0.15, -0.1) is 0 Å². The second-order valence-electron chi connectivity index (χ2n) is 3.80. The summed E-state index contributed by atoms with van der Waals surface area (Å²) in [5.41, 5.74) is 1.02. The maximum Gasteiger partial charge on any atom is 0.239 e. The zero-order valence-corrected chi connectivity index (χ0v) is 11.5. The summed E-state index contributed by atoms with van der Waals surface area (Å²) in [4.78, 5) is 15.5. The highest BCUT2D eigenvalue weighted by Crippen LogP contribution is 2.10. The minimum Gasteiger partial charge on any atom is -0.497 e. The van der Waals surface area contributed by atoms with Gasteiger partial charge in [0, 0.05) is 20.6 Å². The zero-order valence-electron chi connectivity index (χ0n) is 11.5. The van der Waals surface area contributed by atoms with Crippen molar-refractivity contribution in [3.63, 3.8) is 0 Å². The number of benzene rings is 1. The third-order valence-corrected chi connectivity index (χ3v) is 2.53. The fourth-order valence-electron chi connectivity index (χ4n) is 1.45. The summed E-state index contributed by atoms with van der Waals surface area (Å²) in [5.74, 6) is 1.29. The molecule has 1 rings (SSSR count). The number of guanidine groups is 1. The van der Waals surface area contributed by atoms with E-state index in [-0.39, 0.29) is 12.5 Å². The molecule has 0 atom stereocenters. The molecule has 1 amide bonds. The van der Waals surface area contributed by atoms with Crippen molar-refractivity contribution in [2.45, 2.75) is 6.54 Å². The van der Waals surface area contributed by atoms with Crippen LogP contribution >= 0.6 is 0 Å². The summed E-state index contributed by atoms with van der Waals surface area (Å²) in [7, 11) is 5.01. The van der Waals surface area contributed by atoms with Crippen LogP contribution in [-0.4, -0.2) is 39.6 Å². The average molecular weight is 264 g/mol. The molecule has 0 aliphatic heterocycles. The van der Waals surface area contributed by atoms with Gasteiger partial charge in [-0.05, 0) is 17.7 Å². The normalized spacial score (nSPS) is 10.8. The highest BCUT2D eigenvalue weighted by atomic mass is 16.5. The Labute approximate surface area is 113 Å². The number of aliphatic imine (C=N–C) groups is 1. The number of amides is 1. The van der Waals surface area contributed by atoms with E-state index >= 15 is 0 Å². The number of hydrogen-bond acceptors (Lipinski definition) is 3. The van der Waals surface area contributed by atoms with Gasteiger partial charge in [-0.25, -0.2) is 0 Å². The number of rotatable bonds is 5. The van der Waals surface area contributed by atoms with E-state index < -0.39 is 0 Å². The third kappa shape index (κ3) is 5.29. The molecule has 3 N–H and O–H groups in total. The molecule has 1 aromatic carbocycles. The number of carbonyl (C=O) groups is 1. The molecular formula is C13H20N4O2. The number of nitrogens with one attached hydrogen (secondary N) is 3. The molecule has 0 saturated heterocycles. The van der Waals surface area contributed by atoms with Crippen LogP contribution in [0.3, 0.4) is 0 Å². The van der Waals surface area contributed by atoms with E-state index in [1.807, 2.05) is 24.3 Å². The minimum absolute atomic E-state index is 0.0905. The van der Waals surface area contributed by atoms with Crippen molar-refractivity contribution in [3.05, 3.63) is 29.8 Å². The molecule has 6 heteroatoms. The summed E-state index contributed by atoms with van der Waals surface area (Å²) in [5, 5.41) is 8.53. The fourth-order valence-corrected chi connectivity index (χ4v) is 1.45. The van der Waals surface area contributed by atoms with E-state index in [0.717, 1.165) is 11.3 Å². The largest absolute Gasteiger partial charge is 0.497 e. The van der Waals surface area contributed by atoms with Crippen molar-refractivity contribution >= 4 is 11.9 Å². The van der Waals surface area contributed by atoms with E-state index in [1.54, 1.807) is 21.2 Å². The lowest BCUT2D eigenvalue weighted by Gasteiger charge is -2.09. The van der Waals surface area contributed by atoms with Crippen LogP contribution in [-0.2, 0) is 11.3 Å². The molecular weight excluding hydrogens is 244 g/mol. The minimum atomic E-state index is -0.0905. The number of methoxy groups -OCH3 is 1. The number of nitrogens with zero attached hydrogens (tertiary/aromatic N) is 1. The predicted octanol–water partition coefficient (Wildman–Crippen LogP) is 0.106. The molecule has 0 saturated carbocycles. The highest BCUT2D eigenvalue weighted by Gasteiger charge is 2.02. The zero-order chi connectivity index (χ0) is 14.1. The first kappa shape index (κ1) is 14.8. The summed E-state index contributed by atoms with van der Waals surface area (Å²) >= 11 is 0. The first-order valence-corrected chi connectivity index (χ1v) is 5.97. The van der Waals surface area contributed by atoms with Crippen LogP contribution in [0, 0.1) is 0 Å². The van der Waals surface area contributed by atoms with Crippen LogP contribution in [0.4, 0.5) is 0 Å². The monoisotopic (exact) mass is 264 g/mol. The van der Waals surface area contributed by atoms with Crippen molar-refractivity contribution in [2.75, 3.05) is 27.7 Å². The van der Waals surface area contributed by atoms with E-state index in [0.29, 0.717) is 12.5 Å². The van der Waals surface area contributed by atoms with Gasteiger partial charge in [0.1, 0.15) is 5.75 Å². The Morgan fingerprint density at radius 3 is 2.47 bits per heavy atom. The van der Waals surface area contributed by atoms with Crippen LogP contribution in [0.1, 0.15) is 5.56 Å². The van der Waals surface area contributed by atoms with Gasteiger partial charge < -0.3 is 20.7 Å². The van der Waals surface area contributed by atoms with Gasteiger partial charge in [0.05, 0.1) is 13.7 Å². The smallest absolute Gasteiger partial charge is 0.239 e. The Morgan fingerprint density at radius 1 is 1.26 bits per heavy atom. The van der Waals surface area contributed by atoms with E-state index in [9.17, 15) is 4.79 Å². The van der Waals surface area contributed by atoms with Gasteiger partial charge in [-0.2, -0.15) is 0 Å². The van der Waals surface area contributed by atoms with Crippen molar-refractivity contribution in [1.82, 2.24) is 16.0 Å². The molecule has 1 aromatic rings. The Bertz CT molecular complexity index is 429. The Morgan fingerprint density at radius 2 is 1.95 bits per heavy atom. The molecule has 104 valence electrons. The molecule has 0 fully saturated rings. The lowest BCUT2D eigenvalue weighted by molar-refractivity contribution is -0.120. The standard InChI is InChI=1S/C13H20N4O2/c1-14-13(15-2)17-9-12(18)16-8-10-4-6-11(19-3)7-5-10/h4-7H,8-9H2,1-3H3,(H,16,18)(H2,14,15,17). The van der Waals surface area contributed by atoms with Crippen LogP contribution < -0.4 is 20.7 Å². The van der Waals surface area contributed by atoms with Gasteiger partial charge in [-0.3, -0.25) is 9.79 Å². The van der Waals surface area contributed by atoms with E-state index in [1.165, 1.54) is 0 Å². The maximum atomic E-state index is 11.6. The molecule has 0 radical (unpaired) electrons. The summed E-state index contributed by atoms with van der Waals surface area (Å²) < 4.78 is 5.07. The average Bonchev–Trinajstić information content (AvgIpc) is 2.46. The lowest BCUT2D eigenvalue weighted by Crippen LogP contribution is -2.41. The Kier molecular flexibility index (Phi) is 6.21. The van der Waals surface area contributed by atoms with Crippen LogP contribution in [0.5, 0.6) is 5.75 Å². The molecule has 0 unspecified atom stereocenters. The molecule has 0 spiro atoms. The van der Waals surface area contributed by atoms with Crippen molar-refractivity contribution < 1.29 is 9.53 Å². The fraction of sp³-hybridized carbons (Fsp3) is 0.385. The third-order valence-electron chi connectivity index (χ3n) is 2.53. The first-order valence-electron chi connectivity index (χ1n) is 5.97. The number of carbonyl (C=O) groups excluding carboxylic acids is 1. The maximum absolute atomic E-state index is 11.6. The molecule has 0 aliphatic rings.